The number of nitrogens with one attached hydrogen (secondary N) is 1. The summed E-state index contributed by atoms with van der Waals surface area (Å²) in [6, 6.07) is 8.48. The number of hydrogen-bond acceptors (Lipinski definition) is 6. The first-order valence-corrected chi connectivity index (χ1v) is 11.8. The van der Waals surface area contributed by atoms with E-state index in [1.54, 1.807) is 27.4 Å². The summed E-state index contributed by atoms with van der Waals surface area (Å²) >= 11 is 1.52. The zero-order chi connectivity index (χ0) is 22.3. The van der Waals surface area contributed by atoms with E-state index in [1.165, 1.54) is 17.8 Å². The number of ether oxygens (including phenoxy) is 1. The van der Waals surface area contributed by atoms with Crippen LogP contribution in [0.1, 0.15) is 30.8 Å². The van der Waals surface area contributed by atoms with Crippen LogP contribution >= 0.6 is 11.8 Å². The Morgan fingerprint density at radius 3 is 2.94 bits per heavy atom. The molecule has 0 spiro atoms. The molecule has 4 rings (SSSR count). The molecule has 1 aliphatic heterocycles. The Hall–Kier alpha value is -2.72. The minimum atomic E-state index is -0.342. The van der Waals surface area contributed by atoms with E-state index in [0.717, 1.165) is 30.9 Å². The van der Waals surface area contributed by atoms with E-state index in [4.69, 9.17) is 4.74 Å². The average molecular weight is 459 g/mol. The number of aromatic nitrogens is 5. The van der Waals surface area contributed by atoms with Gasteiger partial charge in [0.25, 0.3) is 0 Å². The standard InChI is InChI=1S/C22H27FN6O2S/c1-16-9-12-28(27-16)13-10-21(30)24-11-8-20-25-26-22(32-15-17-5-4-14-31-17)29(20)19-7-3-2-6-18(19)23/h2-3,6-7,9,12,17H,4-5,8,10-11,13-15H2,1H3,(H,24,30)/t17-/m0/s1. The van der Waals surface area contributed by atoms with Gasteiger partial charge in [-0.15, -0.1) is 10.2 Å². The molecular formula is C22H27FN6O2S. The fraction of sp³-hybridized carbons (Fsp3) is 0.455. The lowest BCUT2D eigenvalue weighted by Crippen LogP contribution is -2.27. The summed E-state index contributed by atoms with van der Waals surface area (Å²) in [6.07, 6.45) is 4.91. The van der Waals surface area contributed by atoms with Crippen LogP contribution in [0.15, 0.2) is 41.7 Å². The highest BCUT2D eigenvalue weighted by atomic mass is 32.2. The van der Waals surface area contributed by atoms with Crippen molar-refractivity contribution in [1.82, 2.24) is 29.9 Å². The third-order valence-electron chi connectivity index (χ3n) is 5.23. The number of nitrogens with zero attached hydrogens (tertiary/aromatic N) is 5. The molecule has 1 aliphatic rings. The molecule has 2 aromatic heterocycles. The number of hydrogen-bond donors (Lipinski definition) is 1. The van der Waals surface area contributed by atoms with Crippen LogP contribution in [-0.4, -0.2) is 55.5 Å². The van der Waals surface area contributed by atoms with Crippen molar-refractivity contribution in [3.63, 3.8) is 0 Å². The van der Waals surface area contributed by atoms with E-state index in [0.29, 0.717) is 42.6 Å². The van der Waals surface area contributed by atoms with Crippen LogP contribution in [0.5, 0.6) is 0 Å². The van der Waals surface area contributed by atoms with Gasteiger partial charge in [0.2, 0.25) is 5.91 Å². The Morgan fingerprint density at radius 2 is 2.19 bits per heavy atom. The van der Waals surface area contributed by atoms with Gasteiger partial charge in [-0.1, -0.05) is 23.9 Å². The summed E-state index contributed by atoms with van der Waals surface area (Å²) in [6.45, 7) is 3.61. The quantitative estimate of drug-likeness (QED) is 0.470. The van der Waals surface area contributed by atoms with Crippen LogP contribution in [0.2, 0.25) is 0 Å². The first-order chi connectivity index (χ1) is 15.6. The van der Waals surface area contributed by atoms with E-state index in [9.17, 15) is 9.18 Å². The maximum absolute atomic E-state index is 14.6. The smallest absolute Gasteiger partial charge is 0.221 e. The van der Waals surface area contributed by atoms with Crippen molar-refractivity contribution in [2.24, 2.45) is 0 Å². The zero-order valence-electron chi connectivity index (χ0n) is 18.0. The van der Waals surface area contributed by atoms with Crippen LogP contribution in [0.3, 0.4) is 0 Å². The lowest BCUT2D eigenvalue weighted by Gasteiger charge is -2.13. The van der Waals surface area contributed by atoms with Gasteiger partial charge in [0.1, 0.15) is 11.6 Å². The van der Waals surface area contributed by atoms with Crippen LogP contribution in [0, 0.1) is 12.7 Å². The molecule has 3 heterocycles. The van der Waals surface area contributed by atoms with Gasteiger partial charge in [-0.05, 0) is 38.0 Å². The molecule has 8 nitrogen and oxygen atoms in total. The lowest BCUT2D eigenvalue weighted by molar-refractivity contribution is -0.121. The van der Waals surface area contributed by atoms with Crippen molar-refractivity contribution in [3.05, 3.63) is 53.9 Å². The number of carbonyl (C=O) groups excluding carboxylic acids is 1. The maximum Gasteiger partial charge on any atom is 0.221 e. The van der Waals surface area contributed by atoms with Crippen molar-refractivity contribution in [2.75, 3.05) is 18.9 Å². The van der Waals surface area contributed by atoms with Gasteiger partial charge < -0.3 is 10.1 Å². The molecule has 1 atom stereocenters. The monoisotopic (exact) mass is 458 g/mol. The molecule has 3 aromatic rings. The van der Waals surface area contributed by atoms with Crippen molar-refractivity contribution < 1.29 is 13.9 Å². The average Bonchev–Trinajstić information content (AvgIpc) is 3.53. The van der Waals surface area contributed by atoms with E-state index >= 15 is 0 Å². The van der Waals surface area contributed by atoms with E-state index in [-0.39, 0.29) is 17.8 Å². The number of halogens is 1. The van der Waals surface area contributed by atoms with Gasteiger partial charge in [0.05, 0.1) is 17.5 Å². The maximum atomic E-state index is 14.6. The van der Waals surface area contributed by atoms with Crippen molar-refractivity contribution in [1.29, 1.82) is 0 Å². The van der Waals surface area contributed by atoms with E-state index in [1.807, 2.05) is 19.2 Å². The Balaban J connectivity index is 1.38. The van der Waals surface area contributed by atoms with Crippen LogP contribution in [0.4, 0.5) is 4.39 Å². The topological polar surface area (TPSA) is 86.9 Å². The van der Waals surface area contributed by atoms with Crippen molar-refractivity contribution in [3.8, 4) is 5.69 Å². The summed E-state index contributed by atoms with van der Waals surface area (Å²) in [5.74, 6) is 0.943. The molecule has 0 radical (unpaired) electrons. The number of amides is 1. The molecule has 1 aromatic carbocycles. The zero-order valence-corrected chi connectivity index (χ0v) is 18.9. The van der Waals surface area contributed by atoms with Gasteiger partial charge in [-0.25, -0.2) is 4.39 Å². The summed E-state index contributed by atoms with van der Waals surface area (Å²) < 4.78 is 23.8. The number of thioether (sulfide) groups is 1. The minimum Gasteiger partial charge on any atom is -0.377 e. The molecule has 10 heteroatoms. The normalized spacial score (nSPS) is 15.9. The number of rotatable bonds is 10. The molecule has 0 unspecified atom stereocenters. The summed E-state index contributed by atoms with van der Waals surface area (Å²) in [5.41, 5.74) is 1.33. The van der Waals surface area contributed by atoms with Crippen molar-refractivity contribution >= 4 is 17.7 Å². The van der Waals surface area contributed by atoms with E-state index in [2.05, 4.69) is 20.6 Å². The summed E-state index contributed by atoms with van der Waals surface area (Å²) in [7, 11) is 0. The Bertz CT molecular complexity index is 1050. The second-order valence-corrected chi connectivity index (χ2v) is 8.69. The third kappa shape index (κ3) is 5.74. The number of benzene rings is 1. The molecule has 0 bridgehead atoms. The largest absolute Gasteiger partial charge is 0.377 e. The molecule has 1 amide bonds. The molecule has 0 aliphatic carbocycles. The van der Waals surface area contributed by atoms with Crippen LogP contribution < -0.4 is 5.32 Å². The summed E-state index contributed by atoms with van der Waals surface area (Å²) in [4.78, 5) is 12.2. The fourth-order valence-corrected chi connectivity index (χ4v) is 4.61. The predicted molar refractivity (Wildman–Crippen MR) is 119 cm³/mol. The molecule has 0 saturated carbocycles. The molecule has 1 saturated heterocycles. The van der Waals surface area contributed by atoms with Gasteiger partial charge in [-0.3, -0.25) is 14.0 Å². The molecular weight excluding hydrogens is 431 g/mol. The summed E-state index contributed by atoms with van der Waals surface area (Å²) in [5, 5.41) is 16.4. The van der Waals surface area contributed by atoms with Gasteiger partial charge >= 0.3 is 0 Å². The number of aryl methyl sites for hydroxylation is 2. The SMILES string of the molecule is Cc1ccn(CCC(=O)NCCc2nnc(SC[C@@H]3CCCO3)n2-c2ccccc2F)n1. The highest BCUT2D eigenvalue weighted by molar-refractivity contribution is 7.99. The second-order valence-electron chi connectivity index (χ2n) is 7.70. The van der Waals surface area contributed by atoms with E-state index < -0.39 is 0 Å². The first kappa shape index (κ1) is 22.5. The Kier molecular flexibility index (Phi) is 7.54. The van der Waals surface area contributed by atoms with Gasteiger partial charge in [-0.2, -0.15) is 5.10 Å². The lowest BCUT2D eigenvalue weighted by atomic mass is 10.3. The first-order valence-electron chi connectivity index (χ1n) is 10.8. The Morgan fingerprint density at radius 1 is 1.31 bits per heavy atom. The van der Waals surface area contributed by atoms with Gasteiger partial charge in [0, 0.05) is 44.5 Å². The second kappa shape index (κ2) is 10.7. The minimum absolute atomic E-state index is 0.0666. The molecule has 1 N–H and O–H groups in total. The number of carbonyl (C=O) groups is 1. The highest BCUT2D eigenvalue weighted by Gasteiger charge is 2.21. The predicted octanol–water partition coefficient (Wildman–Crippen LogP) is 2.93. The molecule has 170 valence electrons. The van der Waals surface area contributed by atoms with Crippen LogP contribution in [0.25, 0.3) is 5.69 Å². The van der Waals surface area contributed by atoms with Gasteiger partial charge in [0.15, 0.2) is 5.16 Å². The molecule has 32 heavy (non-hydrogen) atoms. The van der Waals surface area contributed by atoms with Crippen molar-refractivity contribution in [2.45, 2.75) is 50.4 Å². The van der Waals surface area contributed by atoms with Crippen LogP contribution in [-0.2, 0) is 22.5 Å². The Labute approximate surface area is 190 Å². The molecule has 1 fully saturated rings. The fourth-order valence-electron chi connectivity index (χ4n) is 3.58. The number of para-hydroxylation sites is 1. The highest BCUT2D eigenvalue weighted by Crippen LogP contribution is 2.27. The third-order valence-corrected chi connectivity index (χ3v) is 6.29.